The van der Waals surface area contributed by atoms with Crippen LogP contribution >= 0.6 is 12.6 Å². The van der Waals surface area contributed by atoms with Crippen molar-refractivity contribution in [2.45, 2.75) is 45.6 Å². The normalized spacial score (nSPS) is 19.6. The van der Waals surface area contributed by atoms with Crippen molar-refractivity contribution >= 4 is 12.6 Å². The summed E-state index contributed by atoms with van der Waals surface area (Å²) in [7, 11) is 1.79. The van der Waals surface area contributed by atoms with Gasteiger partial charge in [-0.15, -0.1) is 0 Å². The van der Waals surface area contributed by atoms with E-state index in [2.05, 4.69) is 31.4 Å². The zero-order valence-electron chi connectivity index (χ0n) is 11.7. The average Bonchev–Trinajstić information content (AvgIpc) is 3.16. The first-order valence-electron chi connectivity index (χ1n) is 7.06. The summed E-state index contributed by atoms with van der Waals surface area (Å²) < 4.78 is 5.24. The molecule has 1 aliphatic carbocycles. The Morgan fingerprint density at radius 1 is 1.41 bits per heavy atom. The molecule has 0 aromatic carbocycles. The first-order chi connectivity index (χ1) is 8.22. The third-order valence-electron chi connectivity index (χ3n) is 3.91. The van der Waals surface area contributed by atoms with Crippen molar-refractivity contribution in [2.24, 2.45) is 11.8 Å². The molecule has 0 amide bonds. The number of hydrogen-bond donors (Lipinski definition) is 1. The van der Waals surface area contributed by atoms with Crippen LogP contribution in [0.5, 0.6) is 0 Å². The standard InChI is InChI=1S/C14H29NOS/c1-4-5-13(11-17)10-15(8-9-16-3)12(2)14-6-7-14/h12-14,17H,4-11H2,1-3H3. The Morgan fingerprint density at radius 3 is 2.59 bits per heavy atom. The van der Waals surface area contributed by atoms with E-state index in [0.717, 1.165) is 36.8 Å². The van der Waals surface area contributed by atoms with Gasteiger partial charge in [-0.1, -0.05) is 13.3 Å². The van der Waals surface area contributed by atoms with E-state index in [1.54, 1.807) is 7.11 Å². The van der Waals surface area contributed by atoms with Crippen LogP contribution in [-0.2, 0) is 4.74 Å². The van der Waals surface area contributed by atoms with Crippen LogP contribution in [-0.4, -0.2) is 43.5 Å². The highest BCUT2D eigenvalue weighted by molar-refractivity contribution is 7.80. The van der Waals surface area contributed by atoms with Crippen LogP contribution in [0.25, 0.3) is 0 Å². The zero-order chi connectivity index (χ0) is 12.7. The third kappa shape index (κ3) is 5.62. The zero-order valence-corrected chi connectivity index (χ0v) is 12.6. The van der Waals surface area contributed by atoms with Crippen molar-refractivity contribution in [3.8, 4) is 0 Å². The minimum Gasteiger partial charge on any atom is -0.383 e. The Labute approximate surface area is 113 Å². The Balaban J connectivity index is 2.42. The fourth-order valence-electron chi connectivity index (χ4n) is 2.53. The molecule has 2 atom stereocenters. The van der Waals surface area contributed by atoms with Crippen LogP contribution in [0.4, 0.5) is 0 Å². The second-order valence-corrected chi connectivity index (χ2v) is 5.77. The van der Waals surface area contributed by atoms with Crippen LogP contribution in [0.2, 0.25) is 0 Å². The molecule has 0 spiro atoms. The predicted molar refractivity (Wildman–Crippen MR) is 77.9 cm³/mol. The van der Waals surface area contributed by atoms with Gasteiger partial charge in [0.25, 0.3) is 0 Å². The van der Waals surface area contributed by atoms with E-state index < -0.39 is 0 Å². The molecule has 0 N–H and O–H groups in total. The molecule has 0 heterocycles. The summed E-state index contributed by atoms with van der Waals surface area (Å²) >= 11 is 4.49. The van der Waals surface area contributed by atoms with Gasteiger partial charge in [-0.25, -0.2) is 0 Å². The summed E-state index contributed by atoms with van der Waals surface area (Å²) in [6.45, 7) is 7.76. The fourth-order valence-corrected chi connectivity index (χ4v) is 2.82. The van der Waals surface area contributed by atoms with Crippen molar-refractivity contribution in [3.63, 3.8) is 0 Å². The van der Waals surface area contributed by atoms with Crippen molar-refractivity contribution < 1.29 is 4.74 Å². The van der Waals surface area contributed by atoms with E-state index in [1.807, 2.05) is 0 Å². The van der Waals surface area contributed by atoms with Crippen molar-refractivity contribution in [2.75, 3.05) is 32.6 Å². The maximum absolute atomic E-state index is 5.24. The Bertz CT molecular complexity index is 197. The quantitative estimate of drug-likeness (QED) is 0.605. The lowest BCUT2D eigenvalue weighted by Gasteiger charge is -2.32. The second-order valence-electron chi connectivity index (χ2n) is 5.40. The molecule has 0 aliphatic heterocycles. The third-order valence-corrected chi connectivity index (χ3v) is 4.43. The largest absolute Gasteiger partial charge is 0.383 e. The van der Waals surface area contributed by atoms with Gasteiger partial charge in [0.1, 0.15) is 0 Å². The van der Waals surface area contributed by atoms with E-state index in [4.69, 9.17) is 4.74 Å². The average molecular weight is 259 g/mol. The highest BCUT2D eigenvalue weighted by Gasteiger charge is 2.32. The lowest BCUT2D eigenvalue weighted by Crippen LogP contribution is -2.40. The van der Waals surface area contributed by atoms with Gasteiger partial charge in [0.2, 0.25) is 0 Å². The van der Waals surface area contributed by atoms with E-state index in [9.17, 15) is 0 Å². The molecule has 17 heavy (non-hydrogen) atoms. The lowest BCUT2D eigenvalue weighted by molar-refractivity contribution is 0.104. The number of methoxy groups -OCH3 is 1. The topological polar surface area (TPSA) is 12.5 Å². The van der Waals surface area contributed by atoms with E-state index in [-0.39, 0.29) is 0 Å². The Hall–Kier alpha value is 0.270. The molecule has 1 aliphatic rings. The molecule has 2 nitrogen and oxygen atoms in total. The molecule has 0 aromatic rings. The molecule has 1 fully saturated rings. The minimum atomic E-state index is 0.726. The summed E-state index contributed by atoms with van der Waals surface area (Å²) in [5.41, 5.74) is 0. The predicted octanol–water partition coefficient (Wildman–Crippen LogP) is 3.08. The molecule has 0 saturated heterocycles. The van der Waals surface area contributed by atoms with E-state index in [1.165, 1.54) is 32.2 Å². The maximum Gasteiger partial charge on any atom is 0.0589 e. The Kier molecular flexibility index (Phi) is 7.56. The summed E-state index contributed by atoms with van der Waals surface area (Å²) in [5, 5.41) is 0. The smallest absolute Gasteiger partial charge is 0.0589 e. The van der Waals surface area contributed by atoms with Crippen LogP contribution in [0.1, 0.15) is 39.5 Å². The van der Waals surface area contributed by atoms with Gasteiger partial charge in [0.05, 0.1) is 6.61 Å². The molecule has 0 radical (unpaired) electrons. The molecule has 1 saturated carbocycles. The first kappa shape index (κ1) is 15.3. The van der Waals surface area contributed by atoms with Gasteiger partial charge >= 0.3 is 0 Å². The van der Waals surface area contributed by atoms with E-state index in [0.29, 0.717) is 0 Å². The van der Waals surface area contributed by atoms with Crippen LogP contribution in [0.15, 0.2) is 0 Å². The summed E-state index contributed by atoms with van der Waals surface area (Å²) in [6, 6.07) is 0.726. The SMILES string of the molecule is CCCC(CS)CN(CCOC)C(C)C1CC1. The van der Waals surface area contributed by atoms with Crippen LogP contribution in [0.3, 0.4) is 0 Å². The molecular weight excluding hydrogens is 230 g/mol. The number of hydrogen-bond acceptors (Lipinski definition) is 3. The maximum atomic E-state index is 5.24. The van der Waals surface area contributed by atoms with Gasteiger partial charge in [-0.2, -0.15) is 12.6 Å². The van der Waals surface area contributed by atoms with Crippen LogP contribution < -0.4 is 0 Å². The Morgan fingerprint density at radius 2 is 2.12 bits per heavy atom. The molecular formula is C14H29NOS. The van der Waals surface area contributed by atoms with Crippen molar-refractivity contribution in [1.82, 2.24) is 4.90 Å². The second kappa shape index (κ2) is 8.39. The van der Waals surface area contributed by atoms with Crippen LogP contribution in [0, 0.1) is 11.8 Å². The van der Waals surface area contributed by atoms with Gasteiger partial charge in [-0.3, -0.25) is 4.90 Å². The monoisotopic (exact) mass is 259 g/mol. The number of nitrogens with zero attached hydrogens (tertiary/aromatic N) is 1. The molecule has 0 bridgehead atoms. The summed E-state index contributed by atoms with van der Waals surface area (Å²) in [6.07, 6.45) is 5.40. The van der Waals surface area contributed by atoms with Gasteiger partial charge in [0, 0.05) is 26.2 Å². The molecule has 1 rings (SSSR count). The molecule has 0 aromatic heterocycles. The van der Waals surface area contributed by atoms with Gasteiger partial charge in [-0.05, 0) is 43.8 Å². The fraction of sp³-hybridized carbons (Fsp3) is 1.00. The number of ether oxygens (including phenoxy) is 1. The number of thiol groups is 1. The highest BCUT2D eigenvalue weighted by Crippen LogP contribution is 2.35. The van der Waals surface area contributed by atoms with E-state index >= 15 is 0 Å². The lowest BCUT2D eigenvalue weighted by atomic mass is 10.0. The highest BCUT2D eigenvalue weighted by atomic mass is 32.1. The summed E-state index contributed by atoms with van der Waals surface area (Å²) in [5.74, 6) is 2.68. The number of rotatable bonds is 10. The minimum absolute atomic E-state index is 0.726. The molecule has 2 unspecified atom stereocenters. The first-order valence-corrected chi connectivity index (χ1v) is 7.70. The van der Waals surface area contributed by atoms with Crippen molar-refractivity contribution in [3.05, 3.63) is 0 Å². The van der Waals surface area contributed by atoms with Gasteiger partial charge < -0.3 is 4.74 Å². The molecule has 102 valence electrons. The van der Waals surface area contributed by atoms with Crippen molar-refractivity contribution in [1.29, 1.82) is 0 Å². The summed E-state index contributed by atoms with van der Waals surface area (Å²) in [4.78, 5) is 2.62. The van der Waals surface area contributed by atoms with Gasteiger partial charge in [0.15, 0.2) is 0 Å². The molecule has 3 heteroatoms.